The van der Waals surface area contributed by atoms with E-state index in [1.165, 1.54) is 13.8 Å². The molecule has 152 valence electrons. The highest BCUT2D eigenvalue weighted by molar-refractivity contribution is 5.91. The summed E-state index contributed by atoms with van der Waals surface area (Å²) >= 11 is 0. The topological polar surface area (TPSA) is 86.7 Å². The second-order valence-electron chi connectivity index (χ2n) is 7.12. The van der Waals surface area contributed by atoms with E-state index in [9.17, 15) is 19.2 Å². The first-order valence-electron chi connectivity index (χ1n) is 9.24. The summed E-state index contributed by atoms with van der Waals surface area (Å²) in [6, 6.07) is 0. The summed E-state index contributed by atoms with van der Waals surface area (Å²) in [5.74, 6) is -1.15. The van der Waals surface area contributed by atoms with Crippen molar-refractivity contribution in [2.75, 3.05) is 0 Å². The highest BCUT2D eigenvalue weighted by Crippen LogP contribution is 2.16. The molecule has 3 unspecified atom stereocenters. The molecule has 0 aliphatic carbocycles. The van der Waals surface area contributed by atoms with Gasteiger partial charge in [-0.3, -0.25) is 9.59 Å². The molecule has 0 saturated heterocycles. The second kappa shape index (κ2) is 12.2. The molecule has 0 rings (SSSR count). The van der Waals surface area contributed by atoms with Crippen LogP contribution in [0.15, 0.2) is 24.3 Å². The van der Waals surface area contributed by atoms with Crippen molar-refractivity contribution in [1.82, 2.24) is 0 Å². The van der Waals surface area contributed by atoms with Crippen LogP contribution in [0.25, 0.3) is 0 Å². The van der Waals surface area contributed by atoms with E-state index in [-0.39, 0.29) is 28.6 Å². The van der Waals surface area contributed by atoms with Crippen LogP contribution in [0.5, 0.6) is 0 Å². The molecule has 6 heteroatoms. The summed E-state index contributed by atoms with van der Waals surface area (Å²) in [6.45, 7) is 15.1. The molecule has 0 aromatic carbocycles. The van der Waals surface area contributed by atoms with Gasteiger partial charge in [-0.25, -0.2) is 9.59 Å². The average Bonchev–Trinajstić information content (AvgIpc) is 2.58. The number of ketones is 2. The summed E-state index contributed by atoms with van der Waals surface area (Å²) in [5.41, 5.74) is 0.520. The number of ether oxygens (including phenoxy) is 2. The molecule has 0 bridgehead atoms. The molecule has 0 N–H and O–H groups in total. The van der Waals surface area contributed by atoms with Gasteiger partial charge in [0.2, 0.25) is 0 Å². The Morgan fingerprint density at radius 3 is 1.56 bits per heavy atom. The van der Waals surface area contributed by atoms with Crippen LogP contribution in [0.2, 0.25) is 0 Å². The highest BCUT2D eigenvalue weighted by Gasteiger charge is 2.20. The van der Waals surface area contributed by atoms with Gasteiger partial charge in [-0.15, -0.1) is 0 Å². The number of hydrogen-bond acceptors (Lipinski definition) is 6. The third-order valence-electron chi connectivity index (χ3n) is 4.18. The number of hydrogen-bond donors (Lipinski definition) is 0. The zero-order valence-corrected chi connectivity index (χ0v) is 17.1. The fraction of sp³-hybridized carbons (Fsp3) is 0.619. The van der Waals surface area contributed by atoms with E-state index < -0.39 is 24.1 Å². The van der Waals surface area contributed by atoms with Crippen LogP contribution in [0.3, 0.4) is 0 Å². The molecule has 27 heavy (non-hydrogen) atoms. The Morgan fingerprint density at radius 2 is 1.15 bits per heavy atom. The quantitative estimate of drug-likeness (QED) is 0.357. The van der Waals surface area contributed by atoms with Crippen molar-refractivity contribution in [2.24, 2.45) is 5.92 Å². The van der Waals surface area contributed by atoms with Gasteiger partial charge in [-0.05, 0) is 46.5 Å². The normalized spacial score (nSPS) is 13.8. The molecule has 0 aliphatic rings. The lowest BCUT2D eigenvalue weighted by molar-refractivity contribution is -0.150. The maximum Gasteiger partial charge on any atom is 0.333 e. The minimum absolute atomic E-state index is 0.131. The Bertz CT molecular complexity index is 589. The molecule has 0 amide bonds. The van der Waals surface area contributed by atoms with Crippen molar-refractivity contribution < 1.29 is 28.7 Å². The maximum atomic E-state index is 12.0. The molecule has 0 radical (unpaired) electrons. The van der Waals surface area contributed by atoms with Gasteiger partial charge < -0.3 is 9.47 Å². The SMILES string of the molecule is C=C(C)C(=O)OC(C)C(=O)CCCC(C)CCC(=O)C(C)OC(=O)C(=C)C. The number of carbonyl (C=O) groups excluding carboxylic acids is 4. The first kappa shape index (κ1) is 24.8. The van der Waals surface area contributed by atoms with E-state index in [2.05, 4.69) is 13.2 Å². The zero-order valence-electron chi connectivity index (χ0n) is 17.1. The Morgan fingerprint density at radius 1 is 0.741 bits per heavy atom. The minimum atomic E-state index is -0.785. The summed E-state index contributed by atoms with van der Waals surface area (Å²) in [6.07, 6.45) is 1.15. The first-order valence-corrected chi connectivity index (χ1v) is 9.24. The zero-order chi connectivity index (χ0) is 21.1. The molecular weight excluding hydrogens is 348 g/mol. The van der Waals surface area contributed by atoms with Gasteiger partial charge >= 0.3 is 11.9 Å². The fourth-order valence-corrected chi connectivity index (χ4v) is 2.22. The van der Waals surface area contributed by atoms with E-state index in [4.69, 9.17) is 9.47 Å². The van der Waals surface area contributed by atoms with Crippen molar-refractivity contribution in [3.63, 3.8) is 0 Å². The number of Topliss-reactive ketones (excluding diaryl/α,β-unsaturated/α-hetero) is 2. The number of rotatable bonds is 13. The fourth-order valence-electron chi connectivity index (χ4n) is 2.22. The third kappa shape index (κ3) is 10.5. The largest absolute Gasteiger partial charge is 0.451 e. The van der Waals surface area contributed by atoms with E-state index in [1.807, 2.05) is 6.92 Å². The van der Waals surface area contributed by atoms with Gasteiger partial charge in [0.1, 0.15) is 0 Å². The maximum absolute atomic E-state index is 12.0. The van der Waals surface area contributed by atoms with Crippen LogP contribution in [0.4, 0.5) is 0 Å². The lowest BCUT2D eigenvalue weighted by Crippen LogP contribution is -2.25. The molecule has 6 nitrogen and oxygen atoms in total. The molecule has 0 spiro atoms. The van der Waals surface area contributed by atoms with E-state index in [0.29, 0.717) is 25.7 Å². The van der Waals surface area contributed by atoms with Crippen LogP contribution in [-0.4, -0.2) is 35.7 Å². The predicted octanol–water partition coefficient (Wildman–Crippen LogP) is 3.73. The molecule has 3 atom stereocenters. The van der Waals surface area contributed by atoms with Gasteiger partial charge in [-0.2, -0.15) is 0 Å². The van der Waals surface area contributed by atoms with Crippen LogP contribution in [-0.2, 0) is 28.7 Å². The summed E-state index contributed by atoms with van der Waals surface area (Å²) in [7, 11) is 0. The lowest BCUT2D eigenvalue weighted by atomic mass is 9.95. The van der Waals surface area contributed by atoms with Gasteiger partial charge in [0.15, 0.2) is 23.8 Å². The van der Waals surface area contributed by atoms with Crippen LogP contribution in [0, 0.1) is 5.92 Å². The van der Waals surface area contributed by atoms with Crippen LogP contribution < -0.4 is 0 Å². The van der Waals surface area contributed by atoms with Crippen molar-refractivity contribution in [3.8, 4) is 0 Å². The van der Waals surface area contributed by atoms with Crippen molar-refractivity contribution >= 4 is 23.5 Å². The molecule has 0 fully saturated rings. The lowest BCUT2D eigenvalue weighted by Gasteiger charge is -2.15. The Balaban J connectivity index is 4.11. The van der Waals surface area contributed by atoms with Crippen LogP contribution in [0.1, 0.15) is 66.7 Å². The molecule has 0 saturated carbocycles. The van der Waals surface area contributed by atoms with Crippen LogP contribution >= 0.6 is 0 Å². The van der Waals surface area contributed by atoms with Gasteiger partial charge in [-0.1, -0.05) is 26.5 Å². The average molecular weight is 380 g/mol. The highest BCUT2D eigenvalue weighted by atomic mass is 16.5. The Labute approximate surface area is 162 Å². The second-order valence-corrected chi connectivity index (χ2v) is 7.12. The number of carbonyl (C=O) groups is 4. The summed E-state index contributed by atoms with van der Waals surface area (Å²) in [5, 5.41) is 0. The molecule has 0 aromatic heterocycles. The predicted molar refractivity (Wildman–Crippen MR) is 103 cm³/mol. The summed E-state index contributed by atoms with van der Waals surface area (Å²) < 4.78 is 10.0. The minimum Gasteiger partial charge on any atom is -0.451 e. The smallest absolute Gasteiger partial charge is 0.333 e. The monoisotopic (exact) mass is 380 g/mol. The van der Waals surface area contributed by atoms with Crippen molar-refractivity contribution in [1.29, 1.82) is 0 Å². The van der Waals surface area contributed by atoms with Gasteiger partial charge in [0.05, 0.1) is 0 Å². The molecule has 0 aliphatic heterocycles. The van der Waals surface area contributed by atoms with E-state index in [1.54, 1.807) is 13.8 Å². The molecular formula is C21H32O6. The molecule has 0 heterocycles. The number of esters is 2. The third-order valence-corrected chi connectivity index (χ3v) is 4.18. The Kier molecular flexibility index (Phi) is 11.2. The first-order chi connectivity index (χ1) is 12.5. The van der Waals surface area contributed by atoms with E-state index >= 15 is 0 Å². The van der Waals surface area contributed by atoms with E-state index in [0.717, 1.165) is 6.42 Å². The van der Waals surface area contributed by atoms with Crippen molar-refractivity contribution in [2.45, 2.75) is 78.9 Å². The van der Waals surface area contributed by atoms with Crippen molar-refractivity contribution in [3.05, 3.63) is 24.3 Å². The molecule has 0 aromatic rings. The standard InChI is InChI=1S/C21H32O6/c1-13(2)20(24)26-16(6)18(22)10-8-9-15(5)11-12-19(23)17(7)27-21(25)14(3)4/h15-17H,1,3,8-12H2,2,4-7H3. The summed E-state index contributed by atoms with van der Waals surface area (Å²) in [4.78, 5) is 46.8. The van der Waals surface area contributed by atoms with Gasteiger partial charge in [0.25, 0.3) is 0 Å². The van der Waals surface area contributed by atoms with Gasteiger partial charge in [0, 0.05) is 24.0 Å². The Hall–Kier alpha value is -2.24.